The molecule has 0 radical (unpaired) electrons. The summed E-state index contributed by atoms with van der Waals surface area (Å²) in [5, 5.41) is 11.5. The Kier molecular flexibility index (Phi) is 4.56. The summed E-state index contributed by atoms with van der Waals surface area (Å²) >= 11 is 0. The molecule has 5 rings (SSSR count). The lowest BCUT2D eigenvalue weighted by Crippen LogP contribution is -2.22. The fraction of sp³-hybridized carbons (Fsp3) is 0.0400. The summed E-state index contributed by atoms with van der Waals surface area (Å²) in [6.45, 7) is 0. The fourth-order valence-electron chi connectivity index (χ4n) is 3.73. The Balaban J connectivity index is 1.60. The SMILES string of the molecule is c1ccc(C2Nc3cccc(P(c4ccccc4)c4ccccc4)c3N2)cc1. The van der Waals surface area contributed by atoms with Gasteiger partial charge in [-0.1, -0.05) is 103 Å². The van der Waals surface area contributed by atoms with Crippen LogP contribution in [-0.2, 0) is 0 Å². The third-order valence-corrected chi connectivity index (χ3v) is 7.52. The number of nitrogens with one attached hydrogen (secondary N) is 2. The quantitative estimate of drug-likeness (QED) is 0.488. The van der Waals surface area contributed by atoms with Crippen molar-refractivity contribution in [2.24, 2.45) is 0 Å². The molecule has 0 saturated carbocycles. The maximum absolute atomic E-state index is 3.74. The molecule has 0 amide bonds. The lowest BCUT2D eigenvalue weighted by atomic mass is 10.2. The first-order valence-corrected chi connectivity index (χ1v) is 10.9. The second-order valence-electron chi connectivity index (χ2n) is 6.84. The highest BCUT2D eigenvalue weighted by Gasteiger charge is 2.27. The molecule has 1 aliphatic heterocycles. The summed E-state index contributed by atoms with van der Waals surface area (Å²) in [5.41, 5.74) is 3.63. The van der Waals surface area contributed by atoms with Crippen molar-refractivity contribution in [2.45, 2.75) is 6.17 Å². The second kappa shape index (κ2) is 7.50. The van der Waals surface area contributed by atoms with Gasteiger partial charge in [-0.15, -0.1) is 0 Å². The average molecular weight is 380 g/mol. The van der Waals surface area contributed by atoms with Crippen LogP contribution in [0.1, 0.15) is 11.7 Å². The molecular formula is C25H21N2P. The average Bonchev–Trinajstić information content (AvgIpc) is 3.21. The number of anilines is 2. The van der Waals surface area contributed by atoms with E-state index in [1.807, 2.05) is 0 Å². The number of fused-ring (bicyclic) bond motifs is 1. The molecule has 28 heavy (non-hydrogen) atoms. The Morgan fingerprint density at radius 2 is 1.11 bits per heavy atom. The fourth-order valence-corrected chi connectivity index (χ4v) is 6.17. The predicted octanol–water partition coefficient (Wildman–Crippen LogP) is 4.98. The van der Waals surface area contributed by atoms with E-state index in [1.54, 1.807) is 0 Å². The highest BCUT2D eigenvalue weighted by atomic mass is 31.1. The lowest BCUT2D eigenvalue weighted by molar-refractivity contribution is 0.942. The Hall–Kier alpha value is -3.09. The molecule has 2 nitrogen and oxygen atoms in total. The van der Waals surface area contributed by atoms with Gasteiger partial charge in [-0.3, -0.25) is 0 Å². The molecule has 1 heterocycles. The molecule has 0 fully saturated rings. The maximum Gasteiger partial charge on any atom is 0.123 e. The molecule has 2 N–H and O–H groups in total. The van der Waals surface area contributed by atoms with Crippen molar-refractivity contribution in [3.05, 3.63) is 115 Å². The van der Waals surface area contributed by atoms with Gasteiger partial charge in [0.2, 0.25) is 0 Å². The Labute approximate surface area is 167 Å². The third-order valence-electron chi connectivity index (χ3n) is 5.03. The van der Waals surface area contributed by atoms with Gasteiger partial charge in [0.25, 0.3) is 0 Å². The van der Waals surface area contributed by atoms with Gasteiger partial charge in [0.1, 0.15) is 6.17 Å². The Morgan fingerprint density at radius 1 is 0.536 bits per heavy atom. The molecule has 1 aliphatic rings. The van der Waals surface area contributed by atoms with Gasteiger partial charge in [0.15, 0.2) is 0 Å². The number of hydrogen-bond acceptors (Lipinski definition) is 2. The highest BCUT2D eigenvalue weighted by Crippen LogP contribution is 2.42. The van der Waals surface area contributed by atoms with Crippen molar-refractivity contribution in [1.29, 1.82) is 0 Å². The van der Waals surface area contributed by atoms with Crippen molar-refractivity contribution >= 4 is 35.2 Å². The zero-order valence-electron chi connectivity index (χ0n) is 15.4. The van der Waals surface area contributed by atoms with Gasteiger partial charge >= 0.3 is 0 Å². The number of para-hydroxylation sites is 1. The molecule has 0 saturated heterocycles. The van der Waals surface area contributed by atoms with Crippen LogP contribution in [0.25, 0.3) is 0 Å². The molecule has 0 aliphatic carbocycles. The molecule has 0 aromatic heterocycles. The summed E-state index contributed by atoms with van der Waals surface area (Å²) < 4.78 is 0. The van der Waals surface area contributed by atoms with Crippen molar-refractivity contribution in [2.75, 3.05) is 10.6 Å². The van der Waals surface area contributed by atoms with Gasteiger partial charge in [-0.2, -0.15) is 0 Å². The maximum atomic E-state index is 3.74. The molecule has 136 valence electrons. The zero-order valence-corrected chi connectivity index (χ0v) is 16.3. The van der Waals surface area contributed by atoms with Crippen LogP contribution in [0.15, 0.2) is 109 Å². The normalized spacial score (nSPS) is 15.0. The number of hydrogen-bond donors (Lipinski definition) is 2. The van der Waals surface area contributed by atoms with E-state index in [0.717, 1.165) is 0 Å². The van der Waals surface area contributed by atoms with E-state index < -0.39 is 7.92 Å². The van der Waals surface area contributed by atoms with Crippen LogP contribution >= 0.6 is 7.92 Å². The van der Waals surface area contributed by atoms with E-state index >= 15 is 0 Å². The molecule has 3 heteroatoms. The smallest absolute Gasteiger partial charge is 0.123 e. The Bertz CT molecular complexity index is 1030. The zero-order chi connectivity index (χ0) is 18.8. The van der Waals surface area contributed by atoms with Crippen molar-refractivity contribution < 1.29 is 0 Å². The van der Waals surface area contributed by atoms with Crippen molar-refractivity contribution in [3.8, 4) is 0 Å². The van der Waals surface area contributed by atoms with E-state index in [2.05, 4.69) is 120 Å². The monoisotopic (exact) mass is 380 g/mol. The van der Waals surface area contributed by atoms with Gasteiger partial charge in [-0.05, 0) is 30.2 Å². The predicted molar refractivity (Wildman–Crippen MR) is 122 cm³/mol. The van der Waals surface area contributed by atoms with Gasteiger partial charge < -0.3 is 10.6 Å². The topological polar surface area (TPSA) is 24.1 Å². The minimum Gasteiger partial charge on any atom is -0.360 e. The molecule has 1 unspecified atom stereocenters. The first kappa shape index (κ1) is 17.0. The summed E-state index contributed by atoms with van der Waals surface area (Å²) in [5.74, 6) is 0. The Morgan fingerprint density at radius 3 is 1.71 bits per heavy atom. The number of rotatable bonds is 4. The van der Waals surface area contributed by atoms with E-state index in [4.69, 9.17) is 0 Å². The van der Waals surface area contributed by atoms with Gasteiger partial charge in [0, 0.05) is 5.30 Å². The minimum absolute atomic E-state index is 0.0979. The summed E-state index contributed by atoms with van der Waals surface area (Å²) in [6.07, 6.45) is 0.0979. The molecular weight excluding hydrogens is 359 g/mol. The lowest BCUT2D eigenvalue weighted by Gasteiger charge is -2.22. The van der Waals surface area contributed by atoms with Crippen LogP contribution < -0.4 is 26.5 Å². The van der Waals surface area contributed by atoms with Crippen LogP contribution in [0.2, 0.25) is 0 Å². The summed E-state index contributed by atoms with van der Waals surface area (Å²) in [4.78, 5) is 0. The van der Waals surface area contributed by atoms with Gasteiger partial charge in [-0.25, -0.2) is 0 Å². The van der Waals surface area contributed by atoms with E-state index in [0.29, 0.717) is 0 Å². The van der Waals surface area contributed by atoms with Crippen LogP contribution in [0.4, 0.5) is 11.4 Å². The van der Waals surface area contributed by atoms with Crippen molar-refractivity contribution in [3.63, 3.8) is 0 Å². The second-order valence-corrected chi connectivity index (χ2v) is 9.02. The largest absolute Gasteiger partial charge is 0.360 e. The first-order valence-electron chi connectivity index (χ1n) is 9.51. The van der Waals surface area contributed by atoms with E-state index in [9.17, 15) is 0 Å². The third kappa shape index (κ3) is 3.17. The molecule has 4 aromatic carbocycles. The van der Waals surface area contributed by atoms with Gasteiger partial charge in [0.05, 0.1) is 11.4 Å². The van der Waals surface area contributed by atoms with E-state index in [1.165, 1.54) is 32.9 Å². The van der Waals surface area contributed by atoms with Crippen LogP contribution in [-0.4, -0.2) is 0 Å². The minimum atomic E-state index is -0.639. The summed E-state index contributed by atoms with van der Waals surface area (Å²) in [6, 6.07) is 38.8. The summed E-state index contributed by atoms with van der Waals surface area (Å²) in [7, 11) is -0.639. The molecule has 0 spiro atoms. The van der Waals surface area contributed by atoms with Crippen LogP contribution in [0.3, 0.4) is 0 Å². The molecule has 0 bridgehead atoms. The molecule has 4 aromatic rings. The standard InChI is InChI=1S/C25H21N2P/c1-4-11-19(12-5-1)25-26-22-17-10-18-23(24(22)27-25)28(20-13-6-2-7-14-20)21-15-8-3-9-16-21/h1-18,25-27H. The first-order chi connectivity index (χ1) is 13.9. The van der Waals surface area contributed by atoms with E-state index in [-0.39, 0.29) is 6.17 Å². The van der Waals surface area contributed by atoms with Crippen LogP contribution in [0.5, 0.6) is 0 Å². The van der Waals surface area contributed by atoms with Crippen molar-refractivity contribution in [1.82, 2.24) is 0 Å². The van der Waals surface area contributed by atoms with Crippen LogP contribution in [0, 0.1) is 0 Å². The number of benzene rings is 4. The highest BCUT2D eigenvalue weighted by molar-refractivity contribution is 7.80. The molecule has 1 atom stereocenters.